The topological polar surface area (TPSA) is 52.2 Å². The molecular weight excluding hydrogens is 230 g/mol. The molecule has 0 saturated carbocycles. The Morgan fingerprint density at radius 3 is 2.39 bits per heavy atom. The summed E-state index contributed by atoms with van der Waals surface area (Å²) in [6, 6.07) is 15.5. The third-order valence-electron chi connectivity index (χ3n) is 2.71. The monoisotopic (exact) mass is 239 g/mol. The molecule has 3 aromatic rings. The molecule has 0 fully saturated rings. The Labute approximate surface area is 102 Å². The van der Waals surface area contributed by atoms with Gasteiger partial charge < -0.3 is 4.42 Å². The number of para-hydroxylation sites is 2. The van der Waals surface area contributed by atoms with Crippen LogP contribution in [0.1, 0.15) is 10.4 Å². The van der Waals surface area contributed by atoms with Crippen molar-refractivity contribution in [2.24, 2.45) is 0 Å². The number of rotatable bonds is 1. The predicted molar refractivity (Wildman–Crippen MR) is 66.6 cm³/mol. The van der Waals surface area contributed by atoms with Gasteiger partial charge in [0.2, 0.25) is 0 Å². The van der Waals surface area contributed by atoms with Gasteiger partial charge in [0.1, 0.15) is 0 Å². The largest absolute Gasteiger partial charge is 0.427 e. The Balaban J connectivity index is 2.24. The van der Waals surface area contributed by atoms with Crippen LogP contribution in [0.15, 0.2) is 63.8 Å². The van der Waals surface area contributed by atoms with Crippen LogP contribution in [0.2, 0.25) is 0 Å². The highest BCUT2D eigenvalue weighted by atomic mass is 16.4. The van der Waals surface area contributed by atoms with Crippen LogP contribution in [0.25, 0.3) is 11.1 Å². The molecule has 0 aliphatic carbocycles. The van der Waals surface area contributed by atoms with E-state index in [1.165, 1.54) is 0 Å². The van der Waals surface area contributed by atoms with Gasteiger partial charge in [0, 0.05) is 5.56 Å². The molecule has 0 saturated heterocycles. The van der Waals surface area contributed by atoms with Gasteiger partial charge >= 0.3 is 5.76 Å². The molecule has 0 bridgehead atoms. The Hall–Kier alpha value is -2.62. The third-order valence-corrected chi connectivity index (χ3v) is 2.71. The van der Waals surface area contributed by atoms with Crippen LogP contribution in [-0.2, 0) is 0 Å². The summed E-state index contributed by atoms with van der Waals surface area (Å²) in [5, 5.41) is 0. The van der Waals surface area contributed by atoms with Crippen LogP contribution < -0.4 is 5.76 Å². The van der Waals surface area contributed by atoms with Crippen molar-refractivity contribution >= 4 is 17.0 Å². The van der Waals surface area contributed by atoms with Crippen molar-refractivity contribution in [3.63, 3.8) is 0 Å². The minimum absolute atomic E-state index is 0.384. The van der Waals surface area contributed by atoms with E-state index in [1.54, 1.807) is 48.5 Å². The molecule has 0 amide bonds. The van der Waals surface area contributed by atoms with Crippen LogP contribution in [0.4, 0.5) is 0 Å². The number of benzene rings is 2. The highest BCUT2D eigenvalue weighted by Crippen LogP contribution is 2.13. The molecule has 0 atom stereocenters. The van der Waals surface area contributed by atoms with Gasteiger partial charge in [0.15, 0.2) is 5.58 Å². The maximum atomic E-state index is 12.2. The highest BCUT2D eigenvalue weighted by Gasteiger charge is 2.16. The van der Waals surface area contributed by atoms with Crippen LogP contribution in [-0.4, -0.2) is 10.5 Å². The molecule has 0 radical (unpaired) electrons. The highest BCUT2D eigenvalue weighted by molar-refractivity contribution is 6.00. The molecule has 4 nitrogen and oxygen atoms in total. The van der Waals surface area contributed by atoms with E-state index in [-0.39, 0.29) is 5.91 Å². The number of carbonyl (C=O) groups is 1. The lowest BCUT2D eigenvalue weighted by Crippen LogP contribution is -2.23. The number of carbonyl (C=O) groups excluding carboxylic acids is 1. The minimum Gasteiger partial charge on any atom is -0.407 e. The van der Waals surface area contributed by atoms with E-state index in [0.29, 0.717) is 16.7 Å². The fourth-order valence-corrected chi connectivity index (χ4v) is 1.87. The van der Waals surface area contributed by atoms with Crippen molar-refractivity contribution in [3.05, 3.63) is 70.7 Å². The van der Waals surface area contributed by atoms with Crippen LogP contribution in [0, 0.1) is 0 Å². The summed E-state index contributed by atoms with van der Waals surface area (Å²) in [6.07, 6.45) is 0. The van der Waals surface area contributed by atoms with E-state index < -0.39 is 5.76 Å². The van der Waals surface area contributed by atoms with E-state index in [1.807, 2.05) is 6.07 Å². The van der Waals surface area contributed by atoms with Crippen molar-refractivity contribution < 1.29 is 9.21 Å². The third kappa shape index (κ3) is 1.55. The minimum atomic E-state index is -0.662. The first-order chi connectivity index (χ1) is 8.77. The first-order valence-corrected chi connectivity index (χ1v) is 5.48. The van der Waals surface area contributed by atoms with Crippen molar-refractivity contribution in [3.8, 4) is 0 Å². The van der Waals surface area contributed by atoms with E-state index in [0.717, 1.165) is 4.57 Å². The summed E-state index contributed by atoms with van der Waals surface area (Å²) in [6.45, 7) is 0. The molecular formula is C14H9NO3. The number of fused-ring (bicyclic) bond motifs is 1. The molecule has 88 valence electrons. The van der Waals surface area contributed by atoms with Crippen molar-refractivity contribution in [1.29, 1.82) is 0 Å². The molecule has 0 aliphatic rings. The Bertz CT molecular complexity index is 768. The molecule has 0 aliphatic heterocycles. The number of nitrogens with zero attached hydrogens (tertiary/aromatic N) is 1. The van der Waals surface area contributed by atoms with Gasteiger partial charge in [-0.15, -0.1) is 0 Å². The zero-order valence-corrected chi connectivity index (χ0v) is 9.37. The Morgan fingerprint density at radius 1 is 0.944 bits per heavy atom. The Kier molecular flexibility index (Phi) is 2.34. The lowest BCUT2D eigenvalue weighted by molar-refractivity contribution is 0.0956. The quantitative estimate of drug-likeness (QED) is 0.654. The number of aromatic nitrogens is 1. The van der Waals surface area contributed by atoms with Crippen molar-refractivity contribution in [1.82, 2.24) is 4.57 Å². The second kappa shape index (κ2) is 4.00. The van der Waals surface area contributed by atoms with Gasteiger partial charge in [-0.2, -0.15) is 0 Å². The zero-order chi connectivity index (χ0) is 12.5. The van der Waals surface area contributed by atoms with Crippen LogP contribution >= 0.6 is 0 Å². The zero-order valence-electron chi connectivity index (χ0n) is 9.37. The molecule has 0 unspecified atom stereocenters. The van der Waals surface area contributed by atoms with E-state index in [4.69, 9.17) is 4.42 Å². The second-order valence-corrected chi connectivity index (χ2v) is 3.84. The summed E-state index contributed by atoms with van der Waals surface area (Å²) < 4.78 is 6.07. The second-order valence-electron chi connectivity index (χ2n) is 3.84. The lowest BCUT2D eigenvalue weighted by atomic mass is 10.2. The first kappa shape index (κ1) is 10.5. The van der Waals surface area contributed by atoms with E-state index in [2.05, 4.69) is 0 Å². The molecule has 1 heterocycles. The fourth-order valence-electron chi connectivity index (χ4n) is 1.87. The molecule has 18 heavy (non-hydrogen) atoms. The van der Waals surface area contributed by atoms with Crippen molar-refractivity contribution in [2.75, 3.05) is 0 Å². The maximum absolute atomic E-state index is 12.2. The summed E-state index contributed by atoms with van der Waals surface area (Å²) in [5.74, 6) is -1.05. The number of oxazole rings is 1. The summed E-state index contributed by atoms with van der Waals surface area (Å²) in [5.41, 5.74) is 1.34. The van der Waals surface area contributed by atoms with Crippen LogP contribution in [0.5, 0.6) is 0 Å². The van der Waals surface area contributed by atoms with Gasteiger partial charge in [-0.25, -0.2) is 9.36 Å². The Morgan fingerprint density at radius 2 is 1.61 bits per heavy atom. The molecule has 1 aromatic heterocycles. The summed E-state index contributed by atoms with van der Waals surface area (Å²) in [7, 11) is 0. The smallest absolute Gasteiger partial charge is 0.407 e. The SMILES string of the molecule is O=C(c1ccccc1)n1c(=O)oc2ccccc21. The number of hydrogen-bond donors (Lipinski definition) is 0. The predicted octanol–water partition coefficient (Wildman–Crippen LogP) is 2.28. The fraction of sp³-hybridized carbons (Fsp3) is 0. The number of hydrogen-bond acceptors (Lipinski definition) is 3. The molecule has 2 aromatic carbocycles. The lowest BCUT2D eigenvalue weighted by Gasteiger charge is -2.00. The maximum Gasteiger partial charge on any atom is 0.427 e. The van der Waals surface area contributed by atoms with Gasteiger partial charge in [-0.05, 0) is 24.3 Å². The average Bonchev–Trinajstić information content (AvgIpc) is 2.75. The summed E-state index contributed by atoms with van der Waals surface area (Å²) >= 11 is 0. The molecule has 4 heteroatoms. The average molecular weight is 239 g/mol. The van der Waals surface area contributed by atoms with Crippen molar-refractivity contribution in [2.45, 2.75) is 0 Å². The van der Waals surface area contributed by atoms with Gasteiger partial charge in [0.25, 0.3) is 5.91 Å². The van der Waals surface area contributed by atoms with Gasteiger partial charge in [-0.1, -0.05) is 30.3 Å². The molecule has 0 spiro atoms. The molecule has 0 N–H and O–H groups in total. The van der Waals surface area contributed by atoms with Gasteiger partial charge in [0.05, 0.1) is 5.52 Å². The summed E-state index contributed by atoms with van der Waals surface area (Å²) in [4.78, 5) is 24.0. The van der Waals surface area contributed by atoms with E-state index in [9.17, 15) is 9.59 Å². The normalized spacial score (nSPS) is 10.7. The van der Waals surface area contributed by atoms with Gasteiger partial charge in [-0.3, -0.25) is 4.79 Å². The standard InChI is InChI=1S/C14H9NO3/c16-13(10-6-2-1-3-7-10)15-11-8-4-5-9-12(11)18-14(15)17/h1-9H. The van der Waals surface area contributed by atoms with E-state index >= 15 is 0 Å². The first-order valence-electron chi connectivity index (χ1n) is 5.48. The molecule has 3 rings (SSSR count). The van der Waals surface area contributed by atoms with Crippen LogP contribution in [0.3, 0.4) is 0 Å².